The van der Waals surface area contributed by atoms with Gasteiger partial charge in [-0.1, -0.05) is 37.3 Å². The van der Waals surface area contributed by atoms with Gasteiger partial charge in [-0.3, -0.25) is 14.6 Å². The smallest absolute Gasteiger partial charge is 0.154 e. The maximum atomic E-state index is 13.5. The third kappa shape index (κ3) is 2.55. The summed E-state index contributed by atoms with van der Waals surface area (Å²) in [5.41, 5.74) is -5.92. The molecule has 1 aromatic rings. The van der Waals surface area contributed by atoms with E-state index in [-0.39, 0.29) is 5.78 Å². The average Bonchev–Trinajstić information content (AvgIpc) is 2.65. The van der Waals surface area contributed by atoms with Gasteiger partial charge in [-0.05, 0) is 26.3 Å². The fourth-order valence-electron chi connectivity index (χ4n) is 5.98. The van der Waals surface area contributed by atoms with Gasteiger partial charge in [0.15, 0.2) is 5.78 Å². The van der Waals surface area contributed by atoms with Crippen molar-refractivity contribution in [3.05, 3.63) is 35.9 Å². The highest BCUT2D eigenvalue weighted by atomic mass is 16.4. The predicted molar refractivity (Wildman–Crippen MR) is 107 cm³/mol. The summed E-state index contributed by atoms with van der Waals surface area (Å²) in [5.74, 6) is 0.232. The van der Waals surface area contributed by atoms with Crippen LogP contribution in [-0.2, 0) is 10.2 Å². The lowest BCUT2D eigenvalue weighted by molar-refractivity contribution is -0.294. The molecule has 4 aliphatic heterocycles. The van der Waals surface area contributed by atoms with Crippen molar-refractivity contribution >= 4 is 5.78 Å². The summed E-state index contributed by atoms with van der Waals surface area (Å²) in [4.78, 5) is 17.7. The Balaban J connectivity index is 1.77. The number of aliphatic hydroxyl groups excluding tert-OH is 1. The normalized spacial score (nSPS) is 42.2. The lowest BCUT2D eigenvalue weighted by atomic mass is 9.57. The number of piperidine rings is 2. The molecule has 7 nitrogen and oxygen atoms in total. The number of carbonyl (C=O) groups is 1. The Morgan fingerprint density at radius 2 is 1.52 bits per heavy atom. The van der Waals surface area contributed by atoms with E-state index in [0.29, 0.717) is 26.2 Å². The van der Waals surface area contributed by atoms with Gasteiger partial charge < -0.3 is 20.4 Å². The zero-order valence-electron chi connectivity index (χ0n) is 17.6. The minimum atomic E-state index is -1.99. The summed E-state index contributed by atoms with van der Waals surface area (Å²) >= 11 is 0. The molecule has 4 aliphatic rings. The van der Waals surface area contributed by atoms with Crippen molar-refractivity contribution in [1.29, 1.82) is 0 Å². The lowest BCUT2D eigenvalue weighted by Gasteiger charge is -2.69. The number of aliphatic hydroxyl groups is 4. The Morgan fingerprint density at radius 1 is 1.00 bits per heavy atom. The first kappa shape index (κ1) is 20.9. The topological polar surface area (TPSA) is 104 Å². The first-order valence-corrected chi connectivity index (χ1v) is 10.2. The summed E-state index contributed by atoms with van der Waals surface area (Å²) in [6.45, 7) is 7.31. The zero-order valence-corrected chi connectivity index (χ0v) is 17.6. The Kier molecular flexibility index (Phi) is 4.39. The van der Waals surface area contributed by atoms with Crippen LogP contribution in [0.5, 0.6) is 0 Å². The summed E-state index contributed by atoms with van der Waals surface area (Å²) in [7, 11) is 0. The third-order valence-electron chi connectivity index (χ3n) is 7.90. The van der Waals surface area contributed by atoms with Gasteiger partial charge in [-0.25, -0.2) is 0 Å². The van der Waals surface area contributed by atoms with Crippen LogP contribution < -0.4 is 0 Å². The molecule has 7 heteroatoms. The highest BCUT2D eigenvalue weighted by molar-refractivity contribution is 5.97. The third-order valence-corrected chi connectivity index (χ3v) is 7.90. The molecule has 0 radical (unpaired) electrons. The molecule has 4 saturated heterocycles. The number of nitrogens with zero attached hydrogens (tertiary/aromatic N) is 2. The molecule has 0 saturated carbocycles. The van der Waals surface area contributed by atoms with Crippen LogP contribution in [0.25, 0.3) is 0 Å². The fourth-order valence-corrected chi connectivity index (χ4v) is 5.98. The van der Waals surface area contributed by atoms with Crippen LogP contribution in [0.3, 0.4) is 0 Å². The second-order valence-corrected chi connectivity index (χ2v) is 10.2. The number of carbonyl (C=O) groups excluding carboxylic acids is 1. The Hall–Kier alpha value is -1.35. The Morgan fingerprint density at radius 3 is 2.00 bits per heavy atom. The maximum absolute atomic E-state index is 13.5. The summed E-state index contributed by atoms with van der Waals surface area (Å²) < 4.78 is 0. The predicted octanol–water partition coefficient (Wildman–Crippen LogP) is -0.284. The van der Waals surface area contributed by atoms with Crippen LogP contribution in [0, 0.1) is 5.41 Å². The van der Waals surface area contributed by atoms with Crippen molar-refractivity contribution in [2.45, 2.75) is 56.1 Å². The molecule has 160 valence electrons. The zero-order chi connectivity index (χ0) is 21.5. The second-order valence-electron chi connectivity index (χ2n) is 10.2. The van der Waals surface area contributed by atoms with E-state index in [1.165, 1.54) is 20.8 Å². The quantitative estimate of drug-likeness (QED) is 0.535. The Bertz CT molecular complexity index is 804. The van der Waals surface area contributed by atoms with E-state index in [2.05, 4.69) is 9.80 Å². The van der Waals surface area contributed by atoms with Gasteiger partial charge in [0.25, 0.3) is 0 Å². The number of rotatable bonds is 5. The van der Waals surface area contributed by atoms with E-state index in [1.54, 1.807) is 0 Å². The number of hydrogen-bond donors (Lipinski definition) is 4. The van der Waals surface area contributed by atoms with Crippen LogP contribution in [0.15, 0.2) is 30.3 Å². The van der Waals surface area contributed by atoms with Gasteiger partial charge >= 0.3 is 0 Å². The average molecular weight is 405 g/mol. The van der Waals surface area contributed by atoms with Gasteiger partial charge in [-0.15, -0.1) is 0 Å². The van der Waals surface area contributed by atoms with Crippen molar-refractivity contribution in [1.82, 2.24) is 9.80 Å². The molecule has 4 N–H and O–H groups in total. The van der Waals surface area contributed by atoms with E-state index in [0.717, 1.165) is 5.56 Å². The lowest BCUT2D eigenvalue weighted by Crippen LogP contribution is -2.86. The molecule has 0 spiro atoms. The molecular formula is C22H32N2O5. The van der Waals surface area contributed by atoms with Crippen LogP contribution >= 0.6 is 0 Å². The minimum Gasteiger partial charge on any atom is -0.393 e. The molecule has 4 bridgehead atoms. The van der Waals surface area contributed by atoms with Crippen molar-refractivity contribution in [2.75, 3.05) is 32.8 Å². The van der Waals surface area contributed by atoms with Crippen molar-refractivity contribution in [2.24, 2.45) is 5.41 Å². The van der Waals surface area contributed by atoms with Gasteiger partial charge in [-0.2, -0.15) is 0 Å². The van der Waals surface area contributed by atoms with Crippen LogP contribution in [0.1, 0.15) is 33.3 Å². The molecule has 29 heavy (non-hydrogen) atoms. The Labute approximate surface area is 171 Å². The van der Waals surface area contributed by atoms with E-state index >= 15 is 0 Å². The second kappa shape index (κ2) is 6.09. The first-order valence-electron chi connectivity index (χ1n) is 10.2. The van der Waals surface area contributed by atoms with E-state index in [4.69, 9.17) is 0 Å². The molecule has 4 heterocycles. The van der Waals surface area contributed by atoms with E-state index < -0.39 is 40.4 Å². The summed E-state index contributed by atoms with van der Waals surface area (Å²) in [5, 5.41) is 43.0. The molecule has 0 aromatic heterocycles. The van der Waals surface area contributed by atoms with Crippen molar-refractivity contribution in [3.8, 4) is 0 Å². The molecule has 2 unspecified atom stereocenters. The molecule has 1 aromatic carbocycles. The van der Waals surface area contributed by atoms with Crippen LogP contribution in [0.2, 0.25) is 0 Å². The standard InChI is InChI=1S/C22H32N2O5/c1-18-10-23-12-22(16(18)26,15-8-6-5-7-9-15)13-24(11-18)17(23)20(3,28)21(4,29)19(2,27)14-25/h5-9,17,25,27-29H,10-14H2,1-4H3/t17?,18?,19-,20+,21-,22?/m1/s1. The fraction of sp³-hybridized carbons (Fsp3) is 0.682. The molecule has 0 amide bonds. The molecule has 0 aliphatic carbocycles. The number of benzene rings is 1. The molecule has 4 fully saturated rings. The van der Waals surface area contributed by atoms with Crippen LogP contribution in [-0.4, -0.2) is 91.8 Å². The number of ketones is 1. The number of hydrogen-bond acceptors (Lipinski definition) is 7. The highest BCUT2D eigenvalue weighted by Crippen LogP contribution is 2.53. The van der Waals surface area contributed by atoms with Crippen molar-refractivity contribution < 1.29 is 25.2 Å². The number of Topliss-reactive ketones (excluding diaryl/α,β-unsaturated/α-hetero) is 1. The monoisotopic (exact) mass is 404 g/mol. The van der Waals surface area contributed by atoms with E-state index in [9.17, 15) is 25.2 Å². The van der Waals surface area contributed by atoms with Crippen molar-refractivity contribution in [3.63, 3.8) is 0 Å². The van der Waals surface area contributed by atoms with Crippen LogP contribution in [0.4, 0.5) is 0 Å². The molecular weight excluding hydrogens is 372 g/mol. The largest absolute Gasteiger partial charge is 0.393 e. The molecule has 5 rings (SSSR count). The summed E-state index contributed by atoms with van der Waals surface area (Å²) in [6.07, 6.45) is -0.589. The SMILES string of the molecule is CC12CN3CC(c4ccccc4)(CN(C1)C3[C@](C)(O)[C@](C)(O)[C@](C)(O)CO)C2=O. The van der Waals surface area contributed by atoms with Gasteiger partial charge in [0, 0.05) is 26.2 Å². The van der Waals surface area contributed by atoms with Gasteiger partial charge in [0.2, 0.25) is 0 Å². The van der Waals surface area contributed by atoms with E-state index in [1.807, 2.05) is 37.3 Å². The maximum Gasteiger partial charge on any atom is 0.154 e. The summed E-state index contributed by atoms with van der Waals surface area (Å²) in [6, 6.07) is 9.77. The highest BCUT2D eigenvalue weighted by Gasteiger charge is 2.70. The first-order chi connectivity index (χ1) is 13.3. The van der Waals surface area contributed by atoms with Gasteiger partial charge in [0.1, 0.15) is 16.8 Å². The molecule has 5 atom stereocenters. The minimum absolute atomic E-state index is 0.232. The van der Waals surface area contributed by atoms with Gasteiger partial charge in [0.05, 0.1) is 23.6 Å².